The van der Waals surface area contributed by atoms with E-state index < -0.39 is 10.0 Å². The normalized spacial score (nSPS) is 25.2. The van der Waals surface area contributed by atoms with Gasteiger partial charge in [-0.2, -0.15) is 16.1 Å². The first-order valence-electron chi connectivity index (χ1n) is 8.26. The molecular weight excluding hydrogens is 384 g/mol. The number of carbonyl (C=O) groups excluding carboxylic acids is 1. The molecule has 2 fully saturated rings. The second-order valence-corrected chi connectivity index (χ2v) is 9.48. The number of nitrogens with one attached hydrogen (secondary N) is 3. The molecule has 0 saturated carbocycles. The van der Waals surface area contributed by atoms with E-state index in [1.165, 1.54) is 16.6 Å². The minimum absolute atomic E-state index is 0. The molecule has 0 bridgehead atoms. The molecule has 1 aromatic heterocycles. The van der Waals surface area contributed by atoms with Crippen LogP contribution in [0, 0.1) is 5.92 Å². The van der Waals surface area contributed by atoms with Crippen molar-refractivity contribution in [1.29, 1.82) is 0 Å². The minimum atomic E-state index is -3.52. The van der Waals surface area contributed by atoms with Crippen LogP contribution in [-0.2, 0) is 10.0 Å². The number of H-pyrrole nitrogens is 1. The van der Waals surface area contributed by atoms with Crippen molar-refractivity contribution in [2.75, 3.05) is 37.7 Å². The van der Waals surface area contributed by atoms with Gasteiger partial charge in [0.1, 0.15) is 10.6 Å². The summed E-state index contributed by atoms with van der Waals surface area (Å²) in [6.07, 6.45) is 2.29. The zero-order chi connectivity index (χ0) is 17.2. The third kappa shape index (κ3) is 4.71. The van der Waals surface area contributed by atoms with Gasteiger partial charge < -0.3 is 15.6 Å². The summed E-state index contributed by atoms with van der Waals surface area (Å²) in [6.45, 7) is 4.89. The van der Waals surface area contributed by atoms with E-state index in [1.807, 2.05) is 0 Å². The Kier molecular flexibility index (Phi) is 7.21. The minimum Gasteiger partial charge on any atom is -0.356 e. The molecule has 0 aliphatic carbocycles. The first-order chi connectivity index (χ1) is 11.5. The van der Waals surface area contributed by atoms with Gasteiger partial charge in [-0.15, -0.1) is 12.4 Å². The molecule has 3 N–H and O–H groups in total. The quantitative estimate of drug-likeness (QED) is 0.688. The van der Waals surface area contributed by atoms with Gasteiger partial charge >= 0.3 is 0 Å². The lowest BCUT2D eigenvalue weighted by Gasteiger charge is -2.30. The molecule has 2 unspecified atom stereocenters. The number of hydrogen-bond acceptors (Lipinski definition) is 5. The highest BCUT2D eigenvalue weighted by Gasteiger charge is 2.29. The smallest absolute Gasteiger partial charge is 0.267 e. The van der Waals surface area contributed by atoms with Crippen LogP contribution in [0.2, 0.25) is 0 Å². The topological polar surface area (TPSA) is 94.3 Å². The molecule has 7 nitrogen and oxygen atoms in total. The number of piperidine rings is 1. The molecule has 2 aliphatic rings. The SMILES string of the molecule is CC1CNCCC1NC(=O)c1cc(S(=O)(=O)N2CCSCC2)c[nH]1.Cl. The highest BCUT2D eigenvalue weighted by molar-refractivity contribution is 7.99. The number of aromatic amines is 1. The average Bonchev–Trinajstić information content (AvgIpc) is 3.09. The highest BCUT2D eigenvalue weighted by Crippen LogP contribution is 2.21. The molecule has 142 valence electrons. The van der Waals surface area contributed by atoms with Gasteiger partial charge in [0.15, 0.2) is 0 Å². The fourth-order valence-electron chi connectivity index (χ4n) is 3.07. The van der Waals surface area contributed by atoms with Crippen molar-refractivity contribution < 1.29 is 13.2 Å². The Balaban J connectivity index is 0.00000225. The van der Waals surface area contributed by atoms with E-state index in [-0.39, 0.29) is 29.3 Å². The van der Waals surface area contributed by atoms with E-state index in [0.29, 0.717) is 24.7 Å². The van der Waals surface area contributed by atoms with Crippen molar-refractivity contribution in [2.24, 2.45) is 5.92 Å². The Morgan fingerprint density at radius 1 is 1.36 bits per heavy atom. The van der Waals surface area contributed by atoms with Crippen molar-refractivity contribution in [1.82, 2.24) is 19.9 Å². The zero-order valence-electron chi connectivity index (χ0n) is 14.2. The molecule has 3 rings (SSSR count). The first kappa shape index (κ1) is 20.6. The van der Waals surface area contributed by atoms with Crippen LogP contribution in [-0.4, -0.2) is 67.3 Å². The van der Waals surface area contributed by atoms with Gasteiger partial charge in [0.05, 0.1) is 0 Å². The molecule has 25 heavy (non-hydrogen) atoms. The van der Waals surface area contributed by atoms with Gasteiger partial charge in [-0.1, -0.05) is 6.92 Å². The van der Waals surface area contributed by atoms with Crippen LogP contribution < -0.4 is 10.6 Å². The maximum Gasteiger partial charge on any atom is 0.267 e. The van der Waals surface area contributed by atoms with Gasteiger partial charge in [-0.3, -0.25) is 4.79 Å². The summed E-state index contributed by atoms with van der Waals surface area (Å²) < 4.78 is 26.7. The van der Waals surface area contributed by atoms with Crippen molar-refractivity contribution in [2.45, 2.75) is 24.3 Å². The number of aromatic nitrogens is 1. The summed E-state index contributed by atoms with van der Waals surface area (Å²) in [7, 11) is -3.52. The van der Waals surface area contributed by atoms with E-state index in [4.69, 9.17) is 0 Å². The monoisotopic (exact) mass is 408 g/mol. The average molecular weight is 409 g/mol. The lowest BCUT2D eigenvalue weighted by Crippen LogP contribution is -2.48. The molecular formula is C15H25ClN4O3S2. The van der Waals surface area contributed by atoms with E-state index in [2.05, 4.69) is 22.5 Å². The Hall–Kier alpha value is -0.740. The predicted molar refractivity (Wildman–Crippen MR) is 102 cm³/mol. The summed E-state index contributed by atoms with van der Waals surface area (Å²) in [5, 5.41) is 6.30. The van der Waals surface area contributed by atoms with Gasteiger partial charge in [-0.05, 0) is 31.5 Å². The third-order valence-corrected chi connectivity index (χ3v) is 7.43. The van der Waals surface area contributed by atoms with Crippen molar-refractivity contribution in [3.8, 4) is 0 Å². The fraction of sp³-hybridized carbons (Fsp3) is 0.667. The second-order valence-electron chi connectivity index (χ2n) is 6.32. The molecule has 10 heteroatoms. The Morgan fingerprint density at radius 3 is 2.76 bits per heavy atom. The number of amides is 1. The lowest BCUT2D eigenvalue weighted by molar-refractivity contribution is 0.0909. The van der Waals surface area contributed by atoms with Gasteiger partial charge in [-0.25, -0.2) is 8.42 Å². The van der Waals surface area contributed by atoms with Crippen molar-refractivity contribution in [3.05, 3.63) is 18.0 Å². The molecule has 1 aromatic rings. The molecule has 1 amide bonds. The van der Waals surface area contributed by atoms with Crippen LogP contribution in [0.1, 0.15) is 23.8 Å². The van der Waals surface area contributed by atoms with E-state index in [9.17, 15) is 13.2 Å². The number of sulfonamides is 1. The summed E-state index contributed by atoms with van der Waals surface area (Å²) in [4.78, 5) is 15.4. The number of carbonyl (C=O) groups is 1. The van der Waals surface area contributed by atoms with Crippen LogP contribution in [0.4, 0.5) is 0 Å². The maximum absolute atomic E-state index is 12.6. The number of nitrogens with zero attached hydrogens (tertiary/aromatic N) is 1. The van der Waals surface area contributed by atoms with Gasteiger partial charge in [0.2, 0.25) is 10.0 Å². The molecule has 3 heterocycles. The largest absolute Gasteiger partial charge is 0.356 e. The third-order valence-electron chi connectivity index (χ3n) is 4.61. The van der Waals surface area contributed by atoms with Crippen LogP contribution in [0.15, 0.2) is 17.2 Å². The maximum atomic E-state index is 12.6. The summed E-state index contributed by atoms with van der Waals surface area (Å²) in [6, 6.07) is 1.55. The fourth-order valence-corrected chi connectivity index (χ4v) is 5.64. The molecule has 0 spiro atoms. The summed E-state index contributed by atoms with van der Waals surface area (Å²) >= 11 is 1.76. The van der Waals surface area contributed by atoms with Crippen LogP contribution in [0.25, 0.3) is 0 Å². The van der Waals surface area contributed by atoms with Crippen LogP contribution in [0.3, 0.4) is 0 Å². The first-order valence-corrected chi connectivity index (χ1v) is 10.9. The predicted octanol–water partition coefficient (Wildman–Crippen LogP) is 0.902. The standard InChI is InChI=1S/C15H24N4O3S2.ClH/c1-11-9-16-3-2-13(11)18-15(20)14-8-12(10-17-14)24(21,22)19-4-6-23-7-5-19;/h8,10-11,13,16-17H,2-7,9H2,1H3,(H,18,20);1H. The van der Waals surface area contributed by atoms with E-state index in [0.717, 1.165) is 31.0 Å². The number of rotatable bonds is 4. The van der Waals surface area contributed by atoms with E-state index in [1.54, 1.807) is 11.8 Å². The molecule has 0 aromatic carbocycles. The van der Waals surface area contributed by atoms with E-state index >= 15 is 0 Å². The van der Waals surface area contributed by atoms with Gasteiger partial charge in [0.25, 0.3) is 5.91 Å². The Labute approximate surface area is 159 Å². The Morgan fingerprint density at radius 2 is 2.08 bits per heavy atom. The van der Waals surface area contributed by atoms with Crippen molar-refractivity contribution in [3.63, 3.8) is 0 Å². The summed E-state index contributed by atoms with van der Waals surface area (Å²) in [5.41, 5.74) is 0.297. The zero-order valence-corrected chi connectivity index (χ0v) is 16.6. The summed E-state index contributed by atoms with van der Waals surface area (Å²) in [5.74, 6) is 1.73. The molecule has 0 radical (unpaired) electrons. The van der Waals surface area contributed by atoms with Gasteiger partial charge in [0, 0.05) is 36.8 Å². The van der Waals surface area contributed by atoms with Crippen LogP contribution in [0.5, 0.6) is 0 Å². The number of thioether (sulfide) groups is 1. The number of hydrogen-bond donors (Lipinski definition) is 3. The molecule has 2 aliphatic heterocycles. The molecule has 2 atom stereocenters. The second kappa shape index (κ2) is 8.77. The Bertz CT molecular complexity index is 689. The molecule has 2 saturated heterocycles. The number of halogens is 1. The lowest BCUT2D eigenvalue weighted by atomic mass is 9.95. The highest BCUT2D eigenvalue weighted by atomic mass is 35.5. The van der Waals surface area contributed by atoms with Crippen LogP contribution >= 0.6 is 24.2 Å². The van der Waals surface area contributed by atoms with Crippen molar-refractivity contribution >= 4 is 40.1 Å².